The zero-order valence-corrected chi connectivity index (χ0v) is 49.0. The first kappa shape index (κ1) is 71.4. The maximum atomic E-state index is 13.2. The SMILES string of the molecule is CC/C=C\C/C=C\C/C=C\CCCCCCCC(=O)OC(COC(=O)CCCCCCCCCCC/C=C\CCCCCCCC)COC1OC(C(=O)O)C(O)C(O)C1OC(=O)CCCCCCC/C=C\CCCCCC. The highest BCUT2D eigenvalue weighted by Crippen LogP contribution is 2.26. The number of carboxylic acids is 1. The second-order valence-electron chi connectivity index (χ2n) is 21.3. The molecular formula is C65H112O12. The number of ether oxygens (including phenoxy) is 5. The van der Waals surface area contributed by atoms with Gasteiger partial charge >= 0.3 is 23.9 Å². The van der Waals surface area contributed by atoms with Crippen molar-refractivity contribution in [2.75, 3.05) is 13.2 Å². The second kappa shape index (κ2) is 53.1. The van der Waals surface area contributed by atoms with Crippen LogP contribution < -0.4 is 0 Å². The van der Waals surface area contributed by atoms with Crippen LogP contribution in [0, 0.1) is 0 Å². The summed E-state index contributed by atoms with van der Waals surface area (Å²) in [5, 5.41) is 31.5. The maximum absolute atomic E-state index is 13.2. The largest absolute Gasteiger partial charge is 0.479 e. The predicted molar refractivity (Wildman–Crippen MR) is 312 cm³/mol. The molecule has 1 aliphatic heterocycles. The first-order valence-corrected chi connectivity index (χ1v) is 31.3. The van der Waals surface area contributed by atoms with E-state index in [1.807, 2.05) is 0 Å². The number of carbonyl (C=O) groups excluding carboxylic acids is 3. The molecule has 77 heavy (non-hydrogen) atoms. The van der Waals surface area contributed by atoms with Gasteiger partial charge in [0.15, 0.2) is 24.6 Å². The van der Waals surface area contributed by atoms with E-state index in [9.17, 15) is 34.5 Å². The van der Waals surface area contributed by atoms with E-state index >= 15 is 0 Å². The quantitative estimate of drug-likeness (QED) is 0.0228. The van der Waals surface area contributed by atoms with Gasteiger partial charge in [0.25, 0.3) is 0 Å². The smallest absolute Gasteiger partial charge is 0.335 e. The molecule has 6 unspecified atom stereocenters. The van der Waals surface area contributed by atoms with Crippen LogP contribution in [0.3, 0.4) is 0 Å². The number of hydrogen-bond donors (Lipinski definition) is 3. The number of allylic oxidation sites excluding steroid dienone is 10. The summed E-state index contributed by atoms with van der Waals surface area (Å²) >= 11 is 0. The van der Waals surface area contributed by atoms with Crippen LogP contribution in [0.2, 0.25) is 0 Å². The van der Waals surface area contributed by atoms with Gasteiger partial charge in [0.2, 0.25) is 0 Å². The number of carboxylic acid groups (broad SMARTS) is 1. The van der Waals surface area contributed by atoms with Crippen LogP contribution in [0.5, 0.6) is 0 Å². The molecule has 12 nitrogen and oxygen atoms in total. The van der Waals surface area contributed by atoms with Crippen LogP contribution in [0.4, 0.5) is 0 Å². The van der Waals surface area contributed by atoms with Crippen molar-refractivity contribution < 1.29 is 58.2 Å². The van der Waals surface area contributed by atoms with Crippen molar-refractivity contribution in [1.29, 1.82) is 0 Å². The van der Waals surface area contributed by atoms with Gasteiger partial charge in [-0.15, -0.1) is 0 Å². The summed E-state index contributed by atoms with van der Waals surface area (Å²) in [6.07, 6.45) is 53.3. The molecule has 0 amide bonds. The normalized spacial score (nSPS) is 18.4. The van der Waals surface area contributed by atoms with Gasteiger partial charge < -0.3 is 39.0 Å². The molecule has 1 fully saturated rings. The summed E-state index contributed by atoms with van der Waals surface area (Å²) in [4.78, 5) is 51.2. The monoisotopic (exact) mass is 1080 g/mol. The Bertz CT molecular complexity index is 1570. The molecule has 0 bridgehead atoms. The fraction of sp³-hybridized carbons (Fsp3) is 0.785. The average molecular weight is 1090 g/mol. The molecule has 444 valence electrons. The van der Waals surface area contributed by atoms with Crippen LogP contribution in [-0.4, -0.2) is 89.2 Å². The maximum Gasteiger partial charge on any atom is 0.335 e. The second-order valence-corrected chi connectivity index (χ2v) is 21.3. The van der Waals surface area contributed by atoms with Crippen molar-refractivity contribution >= 4 is 23.9 Å². The fourth-order valence-electron chi connectivity index (χ4n) is 9.25. The fourth-order valence-corrected chi connectivity index (χ4v) is 9.25. The Labute approximate surface area is 468 Å². The molecule has 3 N–H and O–H groups in total. The van der Waals surface area contributed by atoms with E-state index in [0.29, 0.717) is 19.3 Å². The summed E-state index contributed by atoms with van der Waals surface area (Å²) in [5.41, 5.74) is 0. The molecule has 0 aliphatic carbocycles. The van der Waals surface area contributed by atoms with E-state index in [1.54, 1.807) is 0 Å². The number of esters is 3. The number of hydrogen-bond acceptors (Lipinski definition) is 11. The zero-order valence-electron chi connectivity index (χ0n) is 49.0. The summed E-state index contributed by atoms with van der Waals surface area (Å²) in [6, 6.07) is 0. The molecule has 0 spiro atoms. The van der Waals surface area contributed by atoms with Crippen molar-refractivity contribution in [3.05, 3.63) is 60.8 Å². The number of rotatable bonds is 53. The van der Waals surface area contributed by atoms with E-state index in [2.05, 4.69) is 81.5 Å². The van der Waals surface area contributed by atoms with Crippen molar-refractivity contribution in [3.63, 3.8) is 0 Å². The number of aliphatic hydroxyl groups excluding tert-OH is 2. The molecule has 12 heteroatoms. The standard InChI is InChI=1S/C65H112O12/c1-4-7-10-13-16-19-22-25-27-28-29-30-32-34-36-39-42-45-48-51-57(66)73-54-56(75-58(67)52-49-46-43-40-38-35-31-26-23-20-17-14-11-8-5-2)55-74-65-63(61(70)60(69)62(77-65)64(71)72)76-59(68)53-50-47-44-41-37-33-24-21-18-15-12-9-6-3/h8,11,17,20-21,24-27,31,56,60-63,65,69-70H,4-7,9-10,12-16,18-19,22-23,28-30,32-55H2,1-3H3,(H,71,72)/b11-8-,20-17-,24-21-,27-25-,31-26-. The van der Waals surface area contributed by atoms with Gasteiger partial charge in [0.05, 0.1) is 6.61 Å². The topological polar surface area (TPSA) is 175 Å². The molecule has 1 heterocycles. The van der Waals surface area contributed by atoms with Gasteiger partial charge in [0, 0.05) is 19.3 Å². The van der Waals surface area contributed by atoms with Gasteiger partial charge in [0.1, 0.15) is 18.8 Å². The molecule has 0 radical (unpaired) electrons. The number of carbonyl (C=O) groups is 4. The highest BCUT2D eigenvalue weighted by molar-refractivity contribution is 5.74. The Kier molecular flexibility index (Phi) is 49.2. The number of aliphatic hydroxyl groups is 2. The summed E-state index contributed by atoms with van der Waals surface area (Å²) in [7, 11) is 0. The van der Waals surface area contributed by atoms with Crippen LogP contribution in [0.1, 0.15) is 278 Å². The Morgan fingerprint density at radius 1 is 0.442 bits per heavy atom. The average Bonchev–Trinajstić information content (AvgIpc) is 3.41. The molecule has 0 saturated carbocycles. The van der Waals surface area contributed by atoms with Gasteiger partial charge in [-0.25, -0.2) is 4.79 Å². The van der Waals surface area contributed by atoms with E-state index < -0.39 is 67.3 Å². The molecule has 1 aliphatic rings. The van der Waals surface area contributed by atoms with Crippen LogP contribution in [0.25, 0.3) is 0 Å². The van der Waals surface area contributed by atoms with Gasteiger partial charge in [-0.05, 0) is 103 Å². The Morgan fingerprint density at radius 2 is 0.818 bits per heavy atom. The van der Waals surface area contributed by atoms with Crippen molar-refractivity contribution in [2.45, 2.75) is 314 Å². The Hall–Kier alpha value is -3.58. The molecule has 0 aromatic rings. The van der Waals surface area contributed by atoms with Crippen LogP contribution in [0.15, 0.2) is 60.8 Å². The number of unbranched alkanes of at least 4 members (excludes halogenated alkanes) is 29. The highest BCUT2D eigenvalue weighted by Gasteiger charge is 2.50. The minimum absolute atomic E-state index is 0.0480. The summed E-state index contributed by atoms with van der Waals surface area (Å²) in [6.45, 7) is 5.86. The molecule has 6 atom stereocenters. The lowest BCUT2D eigenvalue weighted by atomic mass is 9.98. The van der Waals surface area contributed by atoms with Gasteiger partial charge in [-0.1, -0.05) is 216 Å². The highest BCUT2D eigenvalue weighted by atomic mass is 16.7. The van der Waals surface area contributed by atoms with Crippen LogP contribution in [-0.2, 0) is 42.9 Å². The lowest BCUT2D eigenvalue weighted by Crippen LogP contribution is -2.61. The van der Waals surface area contributed by atoms with Gasteiger partial charge in [-0.2, -0.15) is 0 Å². The molecule has 0 aromatic carbocycles. The zero-order chi connectivity index (χ0) is 56.1. The minimum atomic E-state index is -1.91. The van der Waals surface area contributed by atoms with E-state index in [1.165, 1.54) is 109 Å². The lowest BCUT2D eigenvalue weighted by Gasteiger charge is -2.40. The van der Waals surface area contributed by atoms with Crippen molar-refractivity contribution in [3.8, 4) is 0 Å². The predicted octanol–water partition coefficient (Wildman–Crippen LogP) is 16.3. The van der Waals surface area contributed by atoms with Crippen LogP contribution >= 0.6 is 0 Å². The number of aliphatic carboxylic acids is 1. The third kappa shape index (κ3) is 43.0. The van der Waals surface area contributed by atoms with Crippen molar-refractivity contribution in [1.82, 2.24) is 0 Å². The van der Waals surface area contributed by atoms with Crippen molar-refractivity contribution in [2.24, 2.45) is 0 Å². The minimum Gasteiger partial charge on any atom is -0.479 e. The third-order valence-electron chi connectivity index (χ3n) is 14.0. The lowest BCUT2D eigenvalue weighted by molar-refractivity contribution is -0.301. The summed E-state index contributed by atoms with van der Waals surface area (Å²) in [5.74, 6) is -3.14. The first-order valence-electron chi connectivity index (χ1n) is 31.3. The molecule has 1 rings (SSSR count). The molecule has 0 aromatic heterocycles. The first-order chi connectivity index (χ1) is 37.6. The molecule has 1 saturated heterocycles. The Morgan fingerprint density at radius 3 is 1.27 bits per heavy atom. The van der Waals surface area contributed by atoms with Gasteiger partial charge in [-0.3, -0.25) is 14.4 Å². The Balaban J connectivity index is 2.67. The molecular weight excluding hydrogens is 973 g/mol. The van der Waals surface area contributed by atoms with E-state index in [0.717, 1.165) is 109 Å². The summed E-state index contributed by atoms with van der Waals surface area (Å²) < 4.78 is 28.5. The van der Waals surface area contributed by atoms with E-state index in [4.69, 9.17) is 23.7 Å². The third-order valence-corrected chi connectivity index (χ3v) is 14.0. The van der Waals surface area contributed by atoms with E-state index in [-0.39, 0.29) is 25.9 Å².